The molecule has 0 aromatic carbocycles. The van der Waals surface area contributed by atoms with E-state index < -0.39 is 0 Å². The van der Waals surface area contributed by atoms with Crippen LogP contribution in [0.4, 0.5) is 0 Å². The summed E-state index contributed by atoms with van der Waals surface area (Å²) in [5, 5.41) is 0.566. The molecule has 18 heavy (non-hydrogen) atoms. The van der Waals surface area contributed by atoms with Gasteiger partial charge in [0, 0.05) is 25.3 Å². The van der Waals surface area contributed by atoms with Crippen LogP contribution in [0.5, 0.6) is 0 Å². The molecule has 0 amide bonds. The fourth-order valence-electron chi connectivity index (χ4n) is 2.35. The normalized spacial score (nSPS) is 11.8. The van der Waals surface area contributed by atoms with E-state index in [4.69, 9.17) is 11.6 Å². The van der Waals surface area contributed by atoms with E-state index >= 15 is 0 Å². The van der Waals surface area contributed by atoms with Gasteiger partial charge in [0.05, 0.1) is 0 Å². The second kappa shape index (κ2) is 7.75. The van der Waals surface area contributed by atoms with E-state index in [2.05, 4.69) is 43.6 Å². The summed E-state index contributed by atoms with van der Waals surface area (Å²) in [4.78, 5) is 6.73. The van der Waals surface area contributed by atoms with Crippen LogP contribution < -0.4 is 0 Å². The minimum Gasteiger partial charge on any atom is -0.296 e. The maximum absolute atomic E-state index is 5.82. The van der Waals surface area contributed by atoms with Gasteiger partial charge in [-0.1, -0.05) is 45.4 Å². The highest BCUT2D eigenvalue weighted by molar-refractivity contribution is 6.29. The summed E-state index contributed by atoms with van der Waals surface area (Å²) in [5.41, 5.74) is 1.24. The van der Waals surface area contributed by atoms with Crippen molar-refractivity contribution >= 4 is 11.6 Å². The molecule has 102 valence electrons. The van der Waals surface area contributed by atoms with Gasteiger partial charge in [-0.3, -0.25) is 4.90 Å². The molecule has 0 N–H and O–H groups in total. The lowest BCUT2D eigenvalue weighted by molar-refractivity contribution is 0.157. The monoisotopic (exact) mass is 268 g/mol. The molecule has 0 saturated heterocycles. The molecular weight excluding hydrogens is 244 g/mol. The Morgan fingerprint density at radius 1 is 1.22 bits per heavy atom. The second-order valence-corrected chi connectivity index (χ2v) is 5.67. The summed E-state index contributed by atoms with van der Waals surface area (Å²) < 4.78 is 0. The molecule has 1 aromatic rings. The third-order valence-corrected chi connectivity index (χ3v) is 3.46. The van der Waals surface area contributed by atoms with Gasteiger partial charge in [0.2, 0.25) is 0 Å². The maximum atomic E-state index is 5.82. The number of hydrogen-bond acceptors (Lipinski definition) is 2. The van der Waals surface area contributed by atoms with Crippen molar-refractivity contribution in [2.75, 3.05) is 6.54 Å². The summed E-state index contributed by atoms with van der Waals surface area (Å²) in [6.45, 7) is 11.2. The van der Waals surface area contributed by atoms with Gasteiger partial charge in [0.15, 0.2) is 0 Å². The third kappa shape index (κ3) is 4.95. The summed E-state index contributed by atoms with van der Waals surface area (Å²) in [6.07, 6.45) is 4.28. The maximum Gasteiger partial charge on any atom is 0.129 e. The Balaban J connectivity index is 2.73. The van der Waals surface area contributed by atoms with E-state index in [1.165, 1.54) is 18.4 Å². The predicted molar refractivity (Wildman–Crippen MR) is 78.9 cm³/mol. The van der Waals surface area contributed by atoms with Crippen LogP contribution in [0.1, 0.15) is 46.1 Å². The van der Waals surface area contributed by atoms with Gasteiger partial charge in [-0.25, -0.2) is 4.98 Å². The highest BCUT2D eigenvalue weighted by Gasteiger charge is 2.16. The Labute approximate surface area is 116 Å². The van der Waals surface area contributed by atoms with Crippen LogP contribution in [-0.4, -0.2) is 22.5 Å². The topological polar surface area (TPSA) is 16.1 Å². The number of halogens is 1. The van der Waals surface area contributed by atoms with Gasteiger partial charge in [-0.15, -0.1) is 0 Å². The van der Waals surface area contributed by atoms with Crippen molar-refractivity contribution in [2.24, 2.45) is 5.92 Å². The summed E-state index contributed by atoms with van der Waals surface area (Å²) in [7, 11) is 0. The molecule has 0 saturated carbocycles. The van der Waals surface area contributed by atoms with E-state index in [0.717, 1.165) is 13.1 Å². The minimum absolute atomic E-state index is 0.566. The van der Waals surface area contributed by atoms with Gasteiger partial charge < -0.3 is 0 Å². The number of hydrogen-bond donors (Lipinski definition) is 0. The molecule has 0 spiro atoms. The Kier molecular flexibility index (Phi) is 6.66. The molecule has 3 heteroatoms. The Hall–Kier alpha value is -0.600. The van der Waals surface area contributed by atoms with Crippen molar-refractivity contribution in [1.82, 2.24) is 9.88 Å². The largest absolute Gasteiger partial charge is 0.296 e. The highest BCUT2D eigenvalue weighted by atomic mass is 35.5. The Morgan fingerprint density at radius 3 is 2.33 bits per heavy atom. The molecule has 1 heterocycles. The zero-order valence-electron chi connectivity index (χ0n) is 12.0. The smallest absolute Gasteiger partial charge is 0.129 e. The molecule has 0 atom stereocenters. The van der Waals surface area contributed by atoms with Crippen molar-refractivity contribution in [2.45, 2.75) is 53.1 Å². The van der Waals surface area contributed by atoms with Crippen molar-refractivity contribution < 1.29 is 0 Å². The molecular formula is C15H25ClN2. The lowest BCUT2D eigenvalue weighted by Gasteiger charge is -2.31. The van der Waals surface area contributed by atoms with Crippen LogP contribution in [0.3, 0.4) is 0 Å². The first-order chi connectivity index (χ1) is 8.56. The lowest BCUT2D eigenvalue weighted by atomic mass is 10.1. The van der Waals surface area contributed by atoms with Gasteiger partial charge in [0.1, 0.15) is 5.15 Å². The number of rotatable bonds is 7. The summed E-state index contributed by atoms with van der Waals surface area (Å²) in [6, 6.07) is 4.60. The third-order valence-electron chi connectivity index (χ3n) is 3.23. The van der Waals surface area contributed by atoms with Crippen molar-refractivity contribution in [1.29, 1.82) is 0 Å². The van der Waals surface area contributed by atoms with Crippen molar-refractivity contribution in [3.63, 3.8) is 0 Å². The van der Waals surface area contributed by atoms with Gasteiger partial charge in [0.25, 0.3) is 0 Å². The van der Waals surface area contributed by atoms with Gasteiger partial charge in [-0.2, -0.15) is 0 Å². The predicted octanol–water partition coefficient (Wildman–Crippen LogP) is 4.38. The van der Waals surface area contributed by atoms with Crippen LogP contribution in [0.15, 0.2) is 18.3 Å². The lowest BCUT2D eigenvalue weighted by Crippen LogP contribution is -2.36. The molecule has 1 rings (SSSR count). The summed E-state index contributed by atoms with van der Waals surface area (Å²) in [5.74, 6) is 0.686. The minimum atomic E-state index is 0.566. The molecule has 0 aliphatic rings. The second-order valence-electron chi connectivity index (χ2n) is 5.28. The zero-order valence-corrected chi connectivity index (χ0v) is 12.7. The average molecular weight is 269 g/mol. The highest BCUT2D eigenvalue weighted by Crippen LogP contribution is 2.16. The molecule has 0 bridgehead atoms. The number of nitrogens with zero attached hydrogens (tertiary/aromatic N) is 2. The van der Waals surface area contributed by atoms with Crippen LogP contribution in [0, 0.1) is 5.92 Å². The van der Waals surface area contributed by atoms with Gasteiger partial charge in [-0.05, 0) is 30.4 Å². The van der Waals surface area contributed by atoms with Crippen molar-refractivity contribution in [3.05, 3.63) is 29.0 Å². The molecule has 0 aliphatic heterocycles. The number of pyridine rings is 1. The van der Waals surface area contributed by atoms with Crippen LogP contribution in [0.2, 0.25) is 5.15 Å². The van der Waals surface area contributed by atoms with Crippen LogP contribution in [0.25, 0.3) is 0 Å². The SMILES string of the molecule is CCC(CC)N(Cc1ccc(Cl)nc1)CC(C)C. The molecule has 2 nitrogen and oxygen atoms in total. The van der Waals surface area contributed by atoms with Gasteiger partial charge >= 0.3 is 0 Å². The summed E-state index contributed by atoms with van der Waals surface area (Å²) >= 11 is 5.82. The molecule has 1 aromatic heterocycles. The van der Waals surface area contributed by atoms with E-state index in [0.29, 0.717) is 17.1 Å². The molecule has 0 unspecified atom stereocenters. The first-order valence-corrected chi connectivity index (χ1v) is 7.29. The van der Waals surface area contributed by atoms with E-state index in [1.807, 2.05) is 12.3 Å². The Morgan fingerprint density at radius 2 is 1.89 bits per heavy atom. The van der Waals surface area contributed by atoms with Crippen molar-refractivity contribution in [3.8, 4) is 0 Å². The first-order valence-electron chi connectivity index (χ1n) is 6.91. The zero-order chi connectivity index (χ0) is 13.5. The Bertz CT molecular complexity index is 331. The fraction of sp³-hybridized carbons (Fsp3) is 0.667. The molecule has 0 radical (unpaired) electrons. The average Bonchev–Trinajstić information content (AvgIpc) is 2.33. The standard InChI is InChI=1S/C15H25ClN2/c1-5-14(6-2)18(10-12(3)4)11-13-7-8-15(16)17-9-13/h7-9,12,14H,5-6,10-11H2,1-4H3. The first kappa shape index (κ1) is 15.5. The number of aromatic nitrogens is 1. The fourth-order valence-corrected chi connectivity index (χ4v) is 2.46. The van der Waals surface area contributed by atoms with E-state index in [9.17, 15) is 0 Å². The van der Waals surface area contributed by atoms with E-state index in [-0.39, 0.29) is 0 Å². The van der Waals surface area contributed by atoms with Crippen LogP contribution >= 0.6 is 11.6 Å². The van der Waals surface area contributed by atoms with Crippen LogP contribution in [-0.2, 0) is 6.54 Å². The quantitative estimate of drug-likeness (QED) is 0.682. The molecule has 0 aliphatic carbocycles. The molecule has 0 fully saturated rings. The van der Waals surface area contributed by atoms with E-state index in [1.54, 1.807) is 0 Å².